The molecule has 2 aromatic rings. The van der Waals surface area contributed by atoms with Crippen LogP contribution in [0, 0.1) is 0 Å². The van der Waals surface area contributed by atoms with E-state index in [-0.39, 0.29) is 5.91 Å². The van der Waals surface area contributed by atoms with Crippen molar-refractivity contribution < 1.29 is 4.79 Å². The average Bonchev–Trinajstić information content (AvgIpc) is 2.55. The summed E-state index contributed by atoms with van der Waals surface area (Å²) in [6.45, 7) is 1.77. The predicted molar refractivity (Wildman–Crippen MR) is 91.1 cm³/mol. The molecule has 1 aliphatic rings. The molecule has 0 radical (unpaired) electrons. The van der Waals surface area contributed by atoms with Crippen molar-refractivity contribution in [1.29, 1.82) is 0 Å². The molecule has 0 unspecified atom stereocenters. The van der Waals surface area contributed by atoms with Crippen molar-refractivity contribution in [1.82, 2.24) is 0 Å². The van der Waals surface area contributed by atoms with E-state index >= 15 is 0 Å². The number of amides is 1. The van der Waals surface area contributed by atoms with E-state index < -0.39 is 0 Å². The molecule has 3 rings (SSSR count). The number of carbonyl (C=O) groups is 1. The Bertz CT molecular complexity index is 652. The lowest BCUT2D eigenvalue weighted by atomic mass is 10.0. The van der Waals surface area contributed by atoms with E-state index in [0.29, 0.717) is 12.1 Å². The number of nitrogens with one attached hydrogen (secondary N) is 1. The number of carbonyl (C=O) groups excluding carboxylic acids is 1. The average molecular weight is 295 g/mol. The van der Waals surface area contributed by atoms with Crippen molar-refractivity contribution in [2.45, 2.75) is 19.3 Å². The van der Waals surface area contributed by atoms with Gasteiger partial charge in [0.1, 0.15) is 0 Å². The number of fused-ring (bicyclic) bond motifs is 1. The third kappa shape index (κ3) is 3.39. The van der Waals surface area contributed by atoms with Crippen molar-refractivity contribution in [3.63, 3.8) is 0 Å². The second-order valence-corrected chi connectivity index (χ2v) is 5.64. The van der Waals surface area contributed by atoms with Gasteiger partial charge in [-0.05, 0) is 48.7 Å². The highest BCUT2D eigenvalue weighted by Crippen LogP contribution is 2.26. The zero-order valence-corrected chi connectivity index (χ0v) is 12.6. The Kier molecular flexibility index (Phi) is 4.28. The van der Waals surface area contributed by atoms with Gasteiger partial charge >= 0.3 is 0 Å². The van der Waals surface area contributed by atoms with Gasteiger partial charge < -0.3 is 16.0 Å². The number of anilines is 3. The minimum atomic E-state index is 0.0350. The summed E-state index contributed by atoms with van der Waals surface area (Å²) in [6.07, 6.45) is 2.76. The van der Waals surface area contributed by atoms with Crippen LogP contribution in [0.25, 0.3) is 0 Å². The van der Waals surface area contributed by atoms with Crippen LogP contribution in [0.5, 0.6) is 0 Å². The predicted octanol–water partition coefficient (Wildman–Crippen LogP) is 3.05. The molecule has 114 valence electrons. The first-order valence-electron chi connectivity index (χ1n) is 7.70. The van der Waals surface area contributed by atoms with Crippen LogP contribution < -0.4 is 16.0 Å². The maximum atomic E-state index is 12.1. The number of nitrogens with two attached hydrogens (primary N) is 1. The highest BCUT2D eigenvalue weighted by Gasteiger charge is 2.16. The van der Waals surface area contributed by atoms with Crippen LogP contribution in [0.1, 0.15) is 18.4 Å². The monoisotopic (exact) mass is 295 g/mol. The summed E-state index contributed by atoms with van der Waals surface area (Å²) >= 11 is 0. The first kappa shape index (κ1) is 14.4. The van der Waals surface area contributed by atoms with Gasteiger partial charge in [0.25, 0.3) is 0 Å². The molecule has 0 saturated carbocycles. The van der Waals surface area contributed by atoms with Crippen LogP contribution >= 0.6 is 0 Å². The minimum Gasteiger partial charge on any atom is -0.399 e. The van der Waals surface area contributed by atoms with Crippen molar-refractivity contribution in [3.05, 3.63) is 54.1 Å². The topological polar surface area (TPSA) is 58.4 Å². The normalized spacial score (nSPS) is 13.5. The molecule has 0 saturated heterocycles. The molecule has 1 amide bonds. The summed E-state index contributed by atoms with van der Waals surface area (Å²) in [6, 6.07) is 15.7. The third-order valence-corrected chi connectivity index (χ3v) is 4.01. The maximum Gasteiger partial charge on any atom is 0.226 e. The molecular weight excluding hydrogens is 274 g/mol. The van der Waals surface area contributed by atoms with Gasteiger partial charge in [0, 0.05) is 36.6 Å². The lowest BCUT2D eigenvalue weighted by Crippen LogP contribution is -2.32. The molecule has 22 heavy (non-hydrogen) atoms. The lowest BCUT2D eigenvalue weighted by Gasteiger charge is -2.31. The van der Waals surface area contributed by atoms with Gasteiger partial charge in [0.2, 0.25) is 5.91 Å². The molecule has 0 aliphatic carbocycles. The number of benzene rings is 2. The van der Waals surface area contributed by atoms with Crippen molar-refractivity contribution in [3.8, 4) is 0 Å². The van der Waals surface area contributed by atoms with Gasteiger partial charge in [-0.25, -0.2) is 0 Å². The Balaban J connectivity index is 1.56. The van der Waals surface area contributed by atoms with E-state index in [1.165, 1.54) is 11.3 Å². The molecule has 3 N–H and O–H groups in total. The molecule has 0 fully saturated rings. The van der Waals surface area contributed by atoms with Gasteiger partial charge in [-0.15, -0.1) is 0 Å². The number of aryl methyl sites for hydroxylation is 1. The van der Waals surface area contributed by atoms with Gasteiger partial charge in [0.15, 0.2) is 0 Å². The number of hydrogen-bond donors (Lipinski definition) is 2. The molecule has 0 aromatic heterocycles. The number of hydrogen-bond acceptors (Lipinski definition) is 3. The van der Waals surface area contributed by atoms with Crippen LogP contribution in [0.4, 0.5) is 17.1 Å². The summed E-state index contributed by atoms with van der Waals surface area (Å²) in [5.41, 5.74) is 9.78. The summed E-state index contributed by atoms with van der Waals surface area (Å²) in [4.78, 5) is 14.4. The molecule has 0 spiro atoms. The molecule has 1 aliphatic heterocycles. The first-order chi connectivity index (χ1) is 10.7. The Hall–Kier alpha value is -2.49. The number of nitrogen functional groups attached to an aromatic ring is 1. The van der Waals surface area contributed by atoms with Crippen LogP contribution in [0.2, 0.25) is 0 Å². The van der Waals surface area contributed by atoms with E-state index in [1.54, 1.807) is 12.1 Å². The van der Waals surface area contributed by atoms with E-state index in [0.717, 1.165) is 31.6 Å². The van der Waals surface area contributed by atoms with Crippen molar-refractivity contribution in [2.24, 2.45) is 0 Å². The van der Waals surface area contributed by atoms with E-state index in [4.69, 9.17) is 5.73 Å². The highest BCUT2D eigenvalue weighted by atomic mass is 16.1. The second-order valence-electron chi connectivity index (χ2n) is 5.64. The molecule has 0 bridgehead atoms. The smallest absolute Gasteiger partial charge is 0.226 e. The minimum absolute atomic E-state index is 0.0350. The Morgan fingerprint density at radius 2 is 1.91 bits per heavy atom. The quantitative estimate of drug-likeness (QED) is 0.852. The Labute approximate surface area is 130 Å². The largest absolute Gasteiger partial charge is 0.399 e. The van der Waals surface area contributed by atoms with Crippen LogP contribution in [-0.2, 0) is 11.2 Å². The maximum absolute atomic E-state index is 12.1. The molecular formula is C18H21N3O. The highest BCUT2D eigenvalue weighted by molar-refractivity contribution is 5.91. The Morgan fingerprint density at radius 3 is 2.73 bits per heavy atom. The van der Waals surface area contributed by atoms with Gasteiger partial charge in [-0.2, -0.15) is 0 Å². The fourth-order valence-corrected chi connectivity index (χ4v) is 2.87. The summed E-state index contributed by atoms with van der Waals surface area (Å²) in [7, 11) is 0. The van der Waals surface area contributed by atoms with E-state index in [1.807, 2.05) is 12.1 Å². The summed E-state index contributed by atoms with van der Waals surface area (Å²) in [5.74, 6) is 0.0350. The fourth-order valence-electron chi connectivity index (χ4n) is 2.87. The SMILES string of the molecule is Nc1ccc(NC(=O)CCN2CCCc3ccccc32)cc1. The van der Waals surface area contributed by atoms with Gasteiger partial charge in [0.05, 0.1) is 0 Å². The van der Waals surface area contributed by atoms with Crippen molar-refractivity contribution >= 4 is 23.0 Å². The van der Waals surface area contributed by atoms with E-state index in [9.17, 15) is 4.79 Å². The molecule has 4 heteroatoms. The summed E-state index contributed by atoms with van der Waals surface area (Å²) in [5, 5.41) is 2.91. The molecule has 1 heterocycles. The number of para-hydroxylation sites is 1. The third-order valence-electron chi connectivity index (χ3n) is 4.01. The fraction of sp³-hybridized carbons (Fsp3) is 0.278. The molecule has 0 atom stereocenters. The first-order valence-corrected chi connectivity index (χ1v) is 7.70. The standard InChI is InChI=1S/C18H21N3O/c19-15-7-9-16(10-8-15)20-18(22)11-13-21-12-3-5-14-4-1-2-6-17(14)21/h1-2,4,6-10H,3,5,11-13,19H2,(H,20,22). The molecule has 4 nitrogen and oxygen atoms in total. The van der Waals surface area contributed by atoms with Crippen LogP contribution in [0.3, 0.4) is 0 Å². The van der Waals surface area contributed by atoms with E-state index in [2.05, 4.69) is 34.5 Å². The van der Waals surface area contributed by atoms with Gasteiger partial charge in [-0.3, -0.25) is 4.79 Å². The van der Waals surface area contributed by atoms with Crippen molar-refractivity contribution in [2.75, 3.05) is 29.0 Å². The summed E-state index contributed by atoms with van der Waals surface area (Å²) < 4.78 is 0. The van der Waals surface area contributed by atoms with Crippen LogP contribution in [0.15, 0.2) is 48.5 Å². The number of nitrogens with zero attached hydrogens (tertiary/aromatic N) is 1. The number of rotatable bonds is 4. The van der Waals surface area contributed by atoms with Gasteiger partial charge in [-0.1, -0.05) is 18.2 Å². The zero-order chi connectivity index (χ0) is 15.4. The second kappa shape index (κ2) is 6.52. The van der Waals surface area contributed by atoms with Crippen LogP contribution in [-0.4, -0.2) is 19.0 Å². The Morgan fingerprint density at radius 1 is 1.14 bits per heavy atom. The lowest BCUT2D eigenvalue weighted by molar-refractivity contribution is -0.116. The zero-order valence-electron chi connectivity index (χ0n) is 12.6. The molecule has 2 aromatic carbocycles.